The van der Waals surface area contributed by atoms with E-state index < -0.39 is 5.60 Å². The SMILES string of the molecule is C[C@@H]1CN(C(=O)c2cccc(-c3ccnc4cc(-c5ccc(C6(O)COC6)nc5)oc34)c2)C[C@H](C)O1. The first-order chi connectivity index (χ1) is 17.4. The smallest absolute Gasteiger partial charge is 0.254 e. The molecule has 2 saturated heterocycles. The molecule has 0 saturated carbocycles. The van der Waals surface area contributed by atoms with Crippen molar-refractivity contribution in [3.8, 4) is 22.5 Å². The number of aliphatic hydroxyl groups is 1. The van der Waals surface area contributed by atoms with Gasteiger partial charge in [0.1, 0.15) is 11.3 Å². The number of amides is 1. The lowest BCUT2D eigenvalue weighted by atomic mass is 9.97. The Morgan fingerprint density at radius 2 is 1.83 bits per heavy atom. The van der Waals surface area contributed by atoms with Gasteiger partial charge in [0.2, 0.25) is 0 Å². The van der Waals surface area contributed by atoms with E-state index in [0.717, 1.165) is 16.7 Å². The van der Waals surface area contributed by atoms with E-state index in [9.17, 15) is 9.90 Å². The zero-order chi connectivity index (χ0) is 24.9. The van der Waals surface area contributed by atoms with Crippen molar-refractivity contribution >= 4 is 17.0 Å². The lowest BCUT2D eigenvalue weighted by Crippen LogP contribution is -2.48. The largest absolute Gasteiger partial charge is 0.454 e. The normalized spacial score (nSPS) is 21.4. The average Bonchev–Trinajstić information content (AvgIpc) is 3.31. The summed E-state index contributed by atoms with van der Waals surface area (Å²) in [7, 11) is 0. The van der Waals surface area contributed by atoms with Crippen LogP contribution in [0.4, 0.5) is 0 Å². The monoisotopic (exact) mass is 485 g/mol. The van der Waals surface area contributed by atoms with Crippen LogP contribution >= 0.6 is 0 Å². The van der Waals surface area contributed by atoms with Gasteiger partial charge in [-0.2, -0.15) is 0 Å². The number of ether oxygens (including phenoxy) is 2. The molecule has 6 rings (SSSR count). The molecule has 2 fully saturated rings. The highest BCUT2D eigenvalue weighted by molar-refractivity contribution is 5.98. The molecule has 2 aliphatic rings. The van der Waals surface area contributed by atoms with Crippen LogP contribution in [0.15, 0.2) is 65.3 Å². The minimum Gasteiger partial charge on any atom is -0.454 e. The first-order valence-electron chi connectivity index (χ1n) is 12.1. The Morgan fingerprint density at radius 1 is 1.03 bits per heavy atom. The number of hydrogen-bond acceptors (Lipinski definition) is 7. The Morgan fingerprint density at radius 3 is 2.53 bits per heavy atom. The first kappa shape index (κ1) is 22.8. The number of hydrogen-bond donors (Lipinski definition) is 1. The Balaban J connectivity index is 1.31. The van der Waals surface area contributed by atoms with Crippen LogP contribution in [0.3, 0.4) is 0 Å². The molecule has 0 unspecified atom stereocenters. The number of carbonyl (C=O) groups is 1. The van der Waals surface area contributed by atoms with Gasteiger partial charge in [0.15, 0.2) is 11.2 Å². The number of furan rings is 1. The van der Waals surface area contributed by atoms with E-state index in [-0.39, 0.29) is 31.3 Å². The summed E-state index contributed by atoms with van der Waals surface area (Å²) in [5.74, 6) is 0.623. The van der Waals surface area contributed by atoms with Crippen molar-refractivity contribution in [2.24, 2.45) is 0 Å². The summed E-state index contributed by atoms with van der Waals surface area (Å²) in [6.07, 6.45) is 3.45. The zero-order valence-corrected chi connectivity index (χ0v) is 20.2. The van der Waals surface area contributed by atoms with Gasteiger partial charge in [-0.3, -0.25) is 14.8 Å². The van der Waals surface area contributed by atoms with E-state index in [1.54, 1.807) is 18.5 Å². The Bertz CT molecular complexity index is 1420. The maximum atomic E-state index is 13.3. The van der Waals surface area contributed by atoms with Crippen molar-refractivity contribution < 1.29 is 23.8 Å². The lowest BCUT2D eigenvalue weighted by Gasteiger charge is -2.35. The first-order valence-corrected chi connectivity index (χ1v) is 12.1. The molecule has 36 heavy (non-hydrogen) atoms. The van der Waals surface area contributed by atoms with Crippen LogP contribution in [0.1, 0.15) is 29.9 Å². The molecule has 0 spiro atoms. The van der Waals surface area contributed by atoms with E-state index in [0.29, 0.717) is 41.2 Å². The predicted molar refractivity (Wildman–Crippen MR) is 133 cm³/mol. The molecule has 1 amide bonds. The van der Waals surface area contributed by atoms with Gasteiger partial charge in [0.05, 0.1) is 31.1 Å². The molecular weight excluding hydrogens is 458 g/mol. The third kappa shape index (κ3) is 4.07. The molecule has 2 aliphatic heterocycles. The van der Waals surface area contributed by atoms with Crippen LogP contribution in [-0.2, 0) is 15.1 Å². The second-order valence-corrected chi connectivity index (χ2v) is 9.69. The van der Waals surface area contributed by atoms with Gasteiger partial charge in [-0.25, -0.2) is 0 Å². The van der Waals surface area contributed by atoms with Crippen LogP contribution < -0.4 is 0 Å². The van der Waals surface area contributed by atoms with Crippen LogP contribution in [0, 0.1) is 0 Å². The lowest BCUT2D eigenvalue weighted by molar-refractivity contribution is -0.186. The van der Waals surface area contributed by atoms with E-state index in [2.05, 4.69) is 9.97 Å². The van der Waals surface area contributed by atoms with Crippen LogP contribution in [0.5, 0.6) is 0 Å². The molecule has 1 aromatic carbocycles. The highest BCUT2D eigenvalue weighted by atomic mass is 16.5. The predicted octanol–water partition coefficient (Wildman–Crippen LogP) is 4.02. The second-order valence-electron chi connectivity index (χ2n) is 9.69. The van der Waals surface area contributed by atoms with Gasteiger partial charge in [-0.15, -0.1) is 0 Å². The standard InChI is InChI=1S/C28H27N3O5/c1-17-13-31(14-18(2)35-17)27(32)20-5-3-4-19(10-20)22-8-9-29-23-11-24(36-26(22)23)21-6-7-25(30-12-21)28(33)15-34-16-28/h3-12,17-18,33H,13-16H2,1-2H3/t17-,18+. The third-order valence-electron chi connectivity index (χ3n) is 6.75. The molecule has 8 heteroatoms. The zero-order valence-electron chi connectivity index (χ0n) is 20.2. The Labute approximate surface area is 208 Å². The van der Waals surface area contributed by atoms with Crippen molar-refractivity contribution in [1.82, 2.24) is 14.9 Å². The van der Waals surface area contributed by atoms with Crippen LogP contribution in [-0.4, -0.2) is 64.4 Å². The van der Waals surface area contributed by atoms with E-state index in [1.807, 2.05) is 61.2 Å². The number of morpholine rings is 1. The number of nitrogens with zero attached hydrogens (tertiary/aromatic N) is 3. The summed E-state index contributed by atoms with van der Waals surface area (Å²) in [6, 6.07) is 15.0. The molecule has 5 heterocycles. The summed E-state index contributed by atoms with van der Waals surface area (Å²) < 4.78 is 17.2. The van der Waals surface area contributed by atoms with Crippen molar-refractivity contribution in [2.45, 2.75) is 31.7 Å². The number of benzene rings is 1. The molecular formula is C28H27N3O5. The van der Waals surface area contributed by atoms with Gasteiger partial charge >= 0.3 is 0 Å². The van der Waals surface area contributed by atoms with Crippen LogP contribution in [0.2, 0.25) is 0 Å². The Kier molecular flexibility index (Phi) is 5.59. The number of rotatable bonds is 4. The molecule has 8 nitrogen and oxygen atoms in total. The van der Waals surface area contributed by atoms with Crippen molar-refractivity contribution in [2.75, 3.05) is 26.3 Å². The fourth-order valence-corrected chi connectivity index (χ4v) is 4.91. The topological polar surface area (TPSA) is 97.9 Å². The number of aromatic nitrogens is 2. The van der Waals surface area contributed by atoms with Gasteiger partial charge in [0.25, 0.3) is 5.91 Å². The quantitative estimate of drug-likeness (QED) is 0.466. The molecule has 2 atom stereocenters. The molecule has 184 valence electrons. The third-order valence-corrected chi connectivity index (χ3v) is 6.75. The summed E-state index contributed by atoms with van der Waals surface area (Å²) >= 11 is 0. The molecule has 1 N–H and O–H groups in total. The Hall–Kier alpha value is -3.59. The summed E-state index contributed by atoms with van der Waals surface area (Å²) in [5, 5.41) is 10.4. The number of carbonyl (C=O) groups excluding carboxylic acids is 1. The van der Waals surface area contributed by atoms with Crippen LogP contribution in [0.25, 0.3) is 33.6 Å². The van der Waals surface area contributed by atoms with E-state index in [4.69, 9.17) is 13.9 Å². The van der Waals surface area contributed by atoms with E-state index >= 15 is 0 Å². The molecule has 0 bridgehead atoms. The number of pyridine rings is 2. The van der Waals surface area contributed by atoms with Crippen molar-refractivity contribution in [3.05, 3.63) is 72.2 Å². The molecule has 0 radical (unpaired) electrons. The van der Waals surface area contributed by atoms with Gasteiger partial charge in [-0.1, -0.05) is 12.1 Å². The molecule has 0 aliphatic carbocycles. The average molecular weight is 486 g/mol. The summed E-state index contributed by atoms with van der Waals surface area (Å²) in [5.41, 5.74) is 4.07. The highest BCUT2D eigenvalue weighted by Gasteiger charge is 2.39. The molecule has 4 aromatic rings. The summed E-state index contributed by atoms with van der Waals surface area (Å²) in [4.78, 5) is 24.0. The number of fused-ring (bicyclic) bond motifs is 1. The van der Waals surface area contributed by atoms with E-state index in [1.165, 1.54) is 0 Å². The van der Waals surface area contributed by atoms with Gasteiger partial charge in [0, 0.05) is 48.2 Å². The van der Waals surface area contributed by atoms with Gasteiger partial charge < -0.3 is 23.9 Å². The summed E-state index contributed by atoms with van der Waals surface area (Å²) in [6.45, 7) is 5.63. The molecule has 3 aromatic heterocycles. The van der Waals surface area contributed by atoms with Crippen molar-refractivity contribution in [3.63, 3.8) is 0 Å². The fourth-order valence-electron chi connectivity index (χ4n) is 4.91. The highest BCUT2D eigenvalue weighted by Crippen LogP contribution is 2.35. The van der Waals surface area contributed by atoms with Gasteiger partial charge in [-0.05, 0) is 49.7 Å². The second kappa shape index (κ2) is 8.81. The maximum Gasteiger partial charge on any atom is 0.254 e. The minimum absolute atomic E-state index is 0.00559. The maximum absolute atomic E-state index is 13.3. The van der Waals surface area contributed by atoms with Crippen molar-refractivity contribution in [1.29, 1.82) is 0 Å². The minimum atomic E-state index is -1.01. The fraction of sp³-hybridized carbons (Fsp3) is 0.321.